The third-order valence-corrected chi connectivity index (χ3v) is 4.10. The number of nitro groups is 1. The largest absolute Gasteiger partial charge is 0.463 e. The summed E-state index contributed by atoms with van der Waals surface area (Å²) in [5.41, 5.74) is 1.49. The number of nitro benzene ring substituents is 1. The molecule has 2 unspecified atom stereocenters. The number of carbonyl (C=O) groups is 1. The van der Waals surface area contributed by atoms with Crippen molar-refractivity contribution in [3.8, 4) is 0 Å². The highest BCUT2D eigenvalue weighted by Gasteiger charge is 2.41. The summed E-state index contributed by atoms with van der Waals surface area (Å²) in [5.74, 6) is -1.80. The second-order valence-corrected chi connectivity index (χ2v) is 5.62. The first-order valence-corrected chi connectivity index (χ1v) is 8.01. The van der Waals surface area contributed by atoms with Crippen molar-refractivity contribution in [3.63, 3.8) is 0 Å². The second-order valence-electron chi connectivity index (χ2n) is 5.62. The zero-order valence-corrected chi connectivity index (χ0v) is 14.5. The number of methoxy groups -OCH3 is 1. The molecule has 8 nitrogen and oxygen atoms in total. The van der Waals surface area contributed by atoms with Crippen molar-refractivity contribution in [2.75, 3.05) is 20.3 Å². The van der Waals surface area contributed by atoms with Gasteiger partial charge in [-0.05, 0) is 13.3 Å². The fraction of sp³-hybridized carbons (Fsp3) is 0.471. The maximum Gasteiger partial charge on any atom is 0.315 e. The van der Waals surface area contributed by atoms with Gasteiger partial charge in [-0.2, -0.15) is 10.2 Å². The van der Waals surface area contributed by atoms with Crippen LogP contribution in [0.3, 0.4) is 0 Å². The zero-order chi connectivity index (χ0) is 18.4. The summed E-state index contributed by atoms with van der Waals surface area (Å²) in [6.07, 6.45) is 0.523. The smallest absolute Gasteiger partial charge is 0.315 e. The molecular weight excluding hydrogens is 326 g/mol. The number of hydrogen-bond donors (Lipinski definition) is 0. The molecule has 1 aliphatic rings. The normalized spacial score (nSPS) is 19.8. The van der Waals surface area contributed by atoms with E-state index < -0.39 is 22.7 Å². The van der Waals surface area contributed by atoms with E-state index in [4.69, 9.17) is 9.47 Å². The van der Waals surface area contributed by atoms with Crippen LogP contribution in [-0.2, 0) is 14.3 Å². The number of carbonyl (C=O) groups excluding carboxylic acids is 1. The first kappa shape index (κ1) is 18.7. The topological polar surface area (TPSA) is 103 Å². The standard InChI is InChI=1S/C17H21N3O5/c1-4-13-16(12-7-5-6-8-14(12)20(22)23)15(11(2)18-19-13)17(21)25-10-9-24-3/h5-8,15-16H,4,9-10H2,1-3H3. The Balaban J connectivity index is 2.46. The van der Waals surface area contributed by atoms with E-state index in [-0.39, 0.29) is 18.9 Å². The molecule has 0 saturated heterocycles. The van der Waals surface area contributed by atoms with E-state index in [1.165, 1.54) is 13.2 Å². The van der Waals surface area contributed by atoms with E-state index in [0.29, 0.717) is 23.4 Å². The monoisotopic (exact) mass is 347 g/mol. The van der Waals surface area contributed by atoms with Crippen LogP contribution in [-0.4, -0.2) is 42.6 Å². The minimum Gasteiger partial charge on any atom is -0.463 e. The van der Waals surface area contributed by atoms with Gasteiger partial charge in [-0.25, -0.2) is 0 Å². The van der Waals surface area contributed by atoms with E-state index in [1.807, 2.05) is 6.92 Å². The highest BCUT2D eigenvalue weighted by atomic mass is 16.6. The molecule has 0 amide bonds. The number of esters is 1. The Morgan fingerprint density at radius 3 is 2.64 bits per heavy atom. The number of nitrogens with zero attached hydrogens (tertiary/aromatic N) is 3. The number of hydrogen-bond acceptors (Lipinski definition) is 7. The predicted octanol–water partition coefficient (Wildman–Crippen LogP) is 2.72. The first-order chi connectivity index (χ1) is 12.0. The van der Waals surface area contributed by atoms with Gasteiger partial charge in [0, 0.05) is 30.4 Å². The maximum absolute atomic E-state index is 12.6. The van der Waals surface area contributed by atoms with Crippen LogP contribution in [0.1, 0.15) is 31.7 Å². The minimum atomic E-state index is -0.745. The lowest BCUT2D eigenvalue weighted by atomic mass is 9.78. The molecule has 1 aromatic carbocycles. The molecule has 0 aliphatic carbocycles. The summed E-state index contributed by atoms with van der Waals surface area (Å²) in [5, 5.41) is 19.7. The summed E-state index contributed by atoms with van der Waals surface area (Å²) in [6, 6.07) is 6.39. The van der Waals surface area contributed by atoms with Gasteiger partial charge in [0.05, 0.1) is 17.2 Å². The lowest BCUT2D eigenvalue weighted by molar-refractivity contribution is -0.385. The van der Waals surface area contributed by atoms with Crippen molar-refractivity contribution < 1.29 is 19.2 Å². The van der Waals surface area contributed by atoms with Crippen molar-refractivity contribution in [2.45, 2.75) is 26.2 Å². The fourth-order valence-electron chi connectivity index (χ4n) is 2.89. The fourth-order valence-corrected chi connectivity index (χ4v) is 2.89. The number of rotatable bonds is 7. The summed E-state index contributed by atoms with van der Waals surface area (Å²) in [6.45, 7) is 3.95. The van der Waals surface area contributed by atoms with Crippen molar-refractivity contribution in [2.24, 2.45) is 16.1 Å². The summed E-state index contributed by atoms with van der Waals surface area (Å²) < 4.78 is 10.2. The molecule has 25 heavy (non-hydrogen) atoms. The van der Waals surface area contributed by atoms with Crippen LogP contribution in [0, 0.1) is 16.0 Å². The van der Waals surface area contributed by atoms with Gasteiger partial charge in [-0.1, -0.05) is 25.1 Å². The van der Waals surface area contributed by atoms with E-state index >= 15 is 0 Å². The van der Waals surface area contributed by atoms with Crippen molar-refractivity contribution in [1.82, 2.24) is 0 Å². The Morgan fingerprint density at radius 1 is 1.28 bits per heavy atom. The molecule has 0 fully saturated rings. The predicted molar refractivity (Wildman–Crippen MR) is 93.0 cm³/mol. The summed E-state index contributed by atoms with van der Waals surface area (Å²) in [7, 11) is 1.51. The molecule has 0 bridgehead atoms. The van der Waals surface area contributed by atoms with Crippen molar-refractivity contribution in [3.05, 3.63) is 39.9 Å². The van der Waals surface area contributed by atoms with Gasteiger partial charge in [0.25, 0.3) is 5.69 Å². The first-order valence-electron chi connectivity index (χ1n) is 8.01. The third kappa shape index (κ3) is 4.08. The molecule has 8 heteroatoms. The molecule has 0 radical (unpaired) electrons. The average Bonchev–Trinajstić information content (AvgIpc) is 2.61. The Hall–Kier alpha value is -2.61. The number of para-hydroxylation sites is 1. The molecule has 0 aromatic heterocycles. The summed E-state index contributed by atoms with van der Waals surface area (Å²) >= 11 is 0. The van der Waals surface area contributed by atoms with E-state index in [0.717, 1.165) is 0 Å². The van der Waals surface area contributed by atoms with E-state index in [1.54, 1.807) is 25.1 Å². The molecule has 1 heterocycles. The zero-order valence-electron chi connectivity index (χ0n) is 14.5. The van der Waals surface area contributed by atoms with Crippen LogP contribution in [0.15, 0.2) is 34.5 Å². The Bertz CT molecular complexity index is 714. The van der Waals surface area contributed by atoms with Crippen LogP contribution in [0.4, 0.5) is 5.69 Å². The molecule has 1 aromatic rings. The van der Waals surface area contributed by atoms with Crippen molar-refractivity contribution >= 4 is 23.1 Å². The van der Waals surface area contributed by atoms with Gasteiger partial charge in [0.1, 0.15) is 12.5 Å². The van der Waals surface area contributed by atoms with Gasteiger partial charge in [-0.3, -0.25) is 14.9 Å². The molecular formula is C17H21N3O5. The van der Waals surface area contributed by atoms with Crippen molar-refractivity contribution in [1.29, 1.82) is 0 Å². The minimum absolute atomic E-state index is 0.0435. The lowest BCUT2D eigenvalue weighted by Gasteiger charge is -2.28. The Morgan fingerprint density at radius 2 is 2.00 bits per heavy atom. The quantitative estimate of drug-likeness (QED) is 0.326. The van der Waals surface area contributed by atoms with Gasteiger partial charge in [0.2, 0.25) is 0 Å². The molecule has 2 atom stereocenters. The second kappa shape index (κ2) is 8.48. The van der Waals surface area contributed by atoms with E-state index in [9.17, 15) is 14.9 Å². The van der Waals surface area contributed by atoms with Gasteiger partial charge >= 0.3 is 5.97 Å². The highest BCUT2D eigenvalue weighted by Crippen LogP contribution is 2.37. The average molecular weight is 347 g/mol. The molecule has 2 rings (SSSR count). The SMILES string of the molecule is CCC1=NN=C(C)C(C(=O)OCCOC)C1c1ccccc1[N+](=O)[O-]. The lowest BCUT2D eigenvalue weighted by Crippen LogP contribution is -2.37. The third-order valence-electron chi connectivity index (χ3n) is 4.10. The van der Waals surface area contributed by atoms with Gasteiger partial charge < -0.3 is 9.47 Å². The Labute approximate surface area is 145 Å². The number of ether oxygens (including phenoxy) is 2. The molecule has 0 saturated carbocycles. The van der Waals surface area contributed by atoms with Gasteiger partial charge in [0.15, 0.2) is 0 Å². The van der Waals surface area contributed by atoms with Crippen LogP contribution >= 0.6 is 0 Å². The maximum atomic E-state index is 12.6. The number of benzene rings is 1. The van der Waals surface area contributed by atoms with Crippen LogP contribution in [0.5, 0.6) is 0 Å². The van der Waals surface area contributed by atoms with Crippen LogP contribution in [0.25, 0.3) is 0 Å². The molecule has 134 valence electrons. The molecule has 0 N–H and O–H groups in total. The molecule has 1 aliphatic heterocycles. The van der Waals surface area contributed by atoms with Crippen LogP contribution in [0.2, 0.25) is 0 Å². The highest BCUT2D eigenvalue weighted by molar-refractivity contribution is 6.10. The Kier molecular flexibility index (Phi) is 6.35. The molecule has 0 spiro atoms. The van der Waals surface area contributed by atoms with E-state index in [2.05, 4.69) is 10.2 Å². The van der Waals surface area contributed by atoms with Gasteiger partial charge in [-0.15, -0.1) is 0 Å². The van der Waals surface area contributed by atoms with Crippen LogP contribution < -0.4 is 0 Å². The summed E-state index contributed by atoms with van der Waals surface area (Å²) in [4.78, 5) is 23.6.